The van der Waals surface area contributed by atoms with Gasteiger partial charge in [0.25, 0.3) is 0 Å². The fourth-order valence-electron chi connectivity index (χ4n) is 4.98. The highest BCUT2D eigenvalue weighted by Crippen LogP contribution is 2.27. The number of likely N-dealkylation sites (N-methyl/N-ethyl adjacent to an activating group) is 1. The molecule has 1 aromatic carbocycles. The lowest BCUT2D eigenvalue weighted by atomic mass is 10.0. The zero-order valence-corrected chi connectivity index (χ0v) is 23.6. The summed E-state index contributed by atoms with van der Waals surface area (Å²) in [7, 11) is 2.13. The van der Waals surface area contributed by atoms with Gasteiger partial charge in [0, 0.05) is 30.9 Å². The maximum atomic E-state index is 12.8. The summed E-state index contributed by atoms with van der Waals surface area (Å²) < 4.78 is 0. The second-order valence-corrected chi connectivity index (χ2v) is 10.7. The van der Waals surface area contributed by atoms with E-state index in [9.17, 15) is 9.59 Å². The van der Waals surface area contributed by atoms with Crippen LogP contribution in [0.2, 0.25) is 0 Å². The number of nitrogens with zero attached hydrogens (tertiary/aromatic N) is 2. The summed E-state index contributed by atoms with van der Waals surface area (Å²) in [5, 5.41) is 6.19. The molecule has 1 aromatic rings. The molecule has 6 heteroatoms. The number of nitrogens with one attached hydrogen (secondary N) is 2. The molecular formula is C30H52N4O2. The zero-order valence-electron chi connectivity index (χ0n) is 23.6. The fraction of sp³-hybridized carbons (Fsp3) is 0.733. The summed E-state index contributed by atoms with van der Waals surface area (Å²) in [4.78, 5) is 29.9. The normalized spacial score (nSPS) is 15.0. The first-order valence-electron chi connectivity index (χ1n) is 14.5. The molecule has 36 heavy (non-hydrogen) atoms. The largest absolute Gasteiger partial charge is 0.326 e. The van der Waals surface area contributed by atoms with Crippen molar-refractivity contribution in [2.75, 3.05) is 50.4 Å². The molecule has 0 radical (unpaired) electrons. The van der Waals surface area contributed by atoms with Gasteiger partial charge in [0.2, 0.25) is 11.8 Å². The molecule has 0 saturated carbocycles. The topological polar surface area (TPSA) is 64.7 Å². The van der Waals surface area contributed by atoms with E-state index in [0.29, 0.717) is 13.0 Å². The number of carbonyl (C=O) groups excluding carboxylic acids is 2. The van der Waals surface area contributed by atoms with Crippen LogP contribution < -0.4 is 10.6 Å². The van der Waals surface area contributed by atoms with E-state index in [1.54, 1.807) is 0 Å². The second-order valence-electron chi connectivity index (χ2n) is 10.7. The smallest absolute Gasteiger partial charge is 0.238 e. The minimum Gasteiger partial charge on any atom is -0.326 e. The number of carbonyl (C=O) groups is 2. The highest BCUT2D eigenvalue weighted by atomic mass is 16.2. The Bertz CT molecular complexity index is 795. The molecule has 0 bridgehead atoms. The summed E-state index contributed by atoms with van der Waals surface area (Å²) in [6, 6.07) is 3.92. The molecule has 1 saturated heterocycles. The van der Waals surface area contributed by atoms with Crippen LogP contribution in [0.4, 0.5) is 11.4 Å². The van der Waals surface area contributed by atoms with Gasteiger partial charge in [0.1, 0.15) is 0 Å². The molecule has 204 valence electrons. The minimum atomic E-state index is 0.00943. The fourth-order valence-corrected chi connectivity index (χ4v) is 4.98. The summed E-state index contributed by atoms with van der Waals surface area (Å²) in [5.41, 5.74) is 3.55. The van der Waals surface area contributed by atoms with Crippen LogP contribution in [0.1, 0.15) is 102 Å². The molecule has 1 fully saturated rings. The first-order chi connectivity index (χ1) is 17.4. The van der Waals surface area contributed by atoms with Crippen molar-refractivity contribution in [3.05, 3.63) is 23.3 Å². The first kappa shape index (κ1) is 30.3. The quantitative estimate of drug-likeness (QED) is 0.254. The van der Waals surface area contributed by atoms with Crippen LogP contribution in [0, 0.1) is 13.8 Å². The molecule has 2 rings (SSSR count). The Morgan fingerprint density at radius 1 is 0.778 bits per heavy atom. The predicted octanol–water partition coefficient (Wildman–Crippen LogP) is 6.52. The maximum absolute atomic E-state index is 12.8. The van der Waals surface area contributed by atoms with Crippen molar-refractivity contribution in [2.24, 2.45) is 0 Å². The number of rotatable bonds is 16. The highest BCUT2D eigenvalue weighted by molar-refractivity contribution is 5.97. The van der Waals surface area contributed by atoms with Crippen LogP contribution in [0.15, 0.2) is 12.1 Å². The third kappa shape index (κ3) is 11.9. The SMILES string of the molecule is CCCCCCCCCCCCCC(=O)Nc1ccc(C)c(NC(=O)CN2CCCN(C)CC2)c1C. The van der Waals surface area contributed by atoms with Gasteiger partial charge in [0.15, 0.2) is 0 Å². The van der Waals surface area contributed by atoms with Crippen LogP contribution >= 0.6 is 0 Å². The summed E-state index contributed by atoms with van der Waals surface area (Å²) >= 11 is 0. The Hall–Kier alpha value is -1.92. The summed E-state index contributed by atoms with van der Waals surface area (Å²) in [5.74, 6) is 0.0685. The van der Waals surface area contributed by atoms with Crippen LogP contribution in [0.5, 0.6) is 0 Å². The van der Waals surface area contributed by atoms with Crippen molar-refractivity contribution in [2.45, 2.75) is 104 Å². The summed E-state index contributed by atoms with van der Waals surface area (Å²) in [6.45, 7) is 10.6. The van der Waals surface area contributed by atoms with Crippen molar-refractivity contribution in [3.8, 4) is 0 Å². The van der Waals surface area contributed by atoms with Crippen LogP contribution in [0.3, 0.4) is 0 Å². The number of hydrogen-bond acceptors (Lipinski definition) is 4. The molecule has 2 amide bonds. The van der Waals surface area contributed by atoms with Gasteiger partial charge in [-0.3, -0.25) is 14.5 Å². The van der Waals surface area contributed by atoms with Gasteiger partial charge < -0.3 is 15.5 Å². The third-order valence-electron chi connectivity index (χ3n) is 7.40. The Labute approximate surface area is 220 Å². The van der Waals surface area contributed by atoms with Gasteiger partial charge in [-0.25, -0.2) is 0 Å². The number of anilines is 2. The van der Waals surface area contributed by atoms with E-state index >= 15 is 0 Å². The molecule has 1 aliphatic heterocycles. The van der Waals surface area contributed by atoms with Gasteiger partial charge in [-0.1, -0.05) is 77.2 Å². The van der Waals surface area contributed by atoms with Crippen molar-refractivity contribution < 1.29 is 9.59 Å². The van der Waals surface area contributed by atoms with E-state index in [0.717, 1.165) is 67.9 Å². The molecule has 0 atom stereocenters. The molecule has 1 aliphatic rings. The van der Waals surface area contributed by atoms with Gasteiger partial charge in [-0.15, -0.1) is 0 Å². The first-order valence-corrected chi connectivity index (χ1v) is 14.5. The average molecular weight is 501 g/mol. The van der Waals surface area contributed by atoms with E-state index in [-0.39, 0.29) is 11.8 Å². The van der Waals surface area contributed by atoms with E-state index in [1.165, 1.54) is 57.8 Å². The second kappa shape index (κ2) is 17.5. The van der Waals surface area contributed by atoms with E-state index in [1.807, 2.05) is 26.0 Å². The lowest BCUT2D eigenvalue weighted by Crippen LogP contribution is -2.36. The van der Waals surface area contributed by atoms with Crippen molar-refractivity contribution in [1.82, 2.24) is 9.80 Å². The Balaban J connectivity index is 1.70. The zero-order chi connectivity index (χ0) is 26.2. The number of aryl methyl sites for hydroxylation is 1. The molecule has 2 N–H and O–H groups in total. The Kier molecular flexibility index (Phi) is 14.7. The van der Waals surface area contributed by atoms with Crippen LogP contribution in [-0.4, -0.2) is 61.4 Å². The lowest BCUT2D eigenvalue weighted by Gasteiger charge is -2.21. The van der Waals surface area contributed by atoms with Crippen LogP contribution in [0.25, 0.3) is 0 Å². The number of hydrogen-bond donors (Lipinski definition) is 2. The van der Waals surface area contributed by atoms with Gasteiger partial charge in [0.05, 0.1) is 6.54 Å². The molecule has 0 unspecified atom stereocenters. The average Bonchev–Trinajstić information content (AvgIpc) is 3.05. The molecule has 0 spiro atoms. The highest BCUT2D eigenvalue weighted by Gasteiger charge is 2.17. The Morgan fingerprint density at radius 2 is 1.42 bits per heavy atom. The van der Waals surface area contributed by atoms with E-state index in [4.69, 9.17) is 0 Å². The van der Waals surface area contributed by atoms with Crippen LogP contribution in [-0.2, 0) is 9.59 Å². The van der Waals surface area contributed by atoms with Gasteiger partial charge in [-0.2, -0.15) is 0 Å². The predicted molar refractivity (Wildman–Crippen MR) is 153 cm³/mol. The van der Waals surface area contributed by atoms with Gasteiger partial charge in [-0.05, 0) is 64.0 Å². The number of unbranched alkanes of at least 4 members (excludes halogenated alkanes) is 10. The standard InChI is InChI=1S/C30H52N4O2/c1-5-6-7-8-9-10-11-12-13-14-15-17-28(35)31-27-19-18-25(2)30(26(27)3)32-29(36)24-34-21-16-20-33(4)22-23-34/h18-19H,5-17,20-24H2,1-4H3,(H,31,35)(H,32,36). The molecule has 6 nitrogen and oxygen atoms in total. The maximum Gasteiger partial charge on any atom is 0.238 e. The molecule has 0 aromatic heterocycles. The van der Waals surface area contributed by atoms with E-state index < -0.39 is 0 Å². The molecule has 1 heterocycles. The van der Waals surface area contributed by atoms with Crippen molar-refractivity contribution >= 4 is 23.2 Å². The monoisotopic (exact) mass is 500 g/mol. The molecular weight excluding hydrogens is 448 g/mol. The molecule has 0 aliphatic carbocycles. The minimum absolute atomic E-state index is 0.00943. The van der Waals surface area contributed by atoms with E-state index in [2.05, 4.69) is 34.4 Å². The Morgan fingerprint density at radius 3 is 2.08 bits per heavy atom. The van der Waals surface area contributed by atoms with Crippen molar-refractivity contribution in [3.63, 3.8) is 0 Å². The van der Waals surface area contributed by atoms with Gasteiger partial charge >= 0.3 is 0 Å². The third-order valence-corrected chi connectivity index (χ3v) is 7.40. The lowest BCUT2D eigenvalue weighted by molar-refractivity contribution is -0.117. The number of benzene rings is 1. The van der Waals surface area contributed by atoms with Crippen molar-refractivity contribution in [1.29, 1.82) is 0 Å². The summed E-state index contributed by atoms with van der Waals surface area (Å²) in [6.07, 6.45) is 15.7. The number of amides is 2.